The van der Waals surface area contributed by atoms with Gasteiger partial charge in [0.15, 0.2) is 0 Å². The van der Waals surface area contributed by atoms with Crippen molar-refractivity contribution in [2.75, 3.05) is 5.32 Å². The Balaban J connectivity index is 1.52. The molecule has 0 bridgehead atoms. The Morgan fingerprint density at radius 1 is 0.931 bits per heavy atom. The van der Waals surface area contributed by atoms with Crippen LogP contribution in [0.2, 0.25) is 0 Å². The molecule has 0 aliphatic carbocycles. The average Bonchev–Trinajstić information content (AvgIpc) is 2.72. The molecule has 0 saturated heterocycles. The normalized spacial score (nSPS) is 11.3. The molecule has 0 aliphatic heterocycles. The van der Waals surface area contributed by atoms with E-state index in [1.54, 1.807) is 0 Å². The van der Waals surface area contributed by atoms with Crippen molar-refractivity contribution >= 4 is 56.6 Å². The Labute approximate surface area is 183 Å². The highest BCUT2D eigenvalue weighted by atomic mass is 127. The summed E-state index contributed by atoms with van der Waals surface area (Å²) in [6.45, 7) is 3.78. The van der Waals surface area contributed by atoms with Gasteiger partial charge in [-0.25, -0.2) is 5.43 Å². The highest BCUT2D eigenvalue weighted by Gasteiger charge is 2.09. The highest BCUT2D eigenvalue weighted by Crippen LogP contribution is 2.18. The molecule has 2 N–H and O–H groups in total. The molecule has 3 rings (SSSR count). The third-order valence-electron chi connectivity index (χ3n) is 4.56. The minimum absolute atomic E-state index is 0.0732. The molecular formula is C23H22IN3O2. The fourth-order valence-corrected chi connectivity index (χ4v) is 3.54. The minimum atomic E-state index is -0.292. The number of nitrogens with zero attached hydrogens (tertiary/aromatic N) is 1. The van der Waals surface area contributed by atoms with E-state index in [2.05, 4.69) is 44.5 Å². The molecule has 0 aromatic heterocycles. The van der Waals surface area contributed by atoms with E-state index in [0.29, 0.717) is 5.71 Å². The van der Waals surface area contributed by atoms with Gasteiger partial charge in [-0.2, -0.15) is 5.10 Å². The Hall–Kier alpha value is -2.74. The van der Waals surface area contributed by atoms with E-state index in [9.17, 15) is 9.59 Å². The number of halogens is 1. The summed E-state index contributed by atoms with van der Waals surface area (Å²) in [4.78, 5) is 24.2. The van der Waals surface area contributed by atoms with Gasteiger partial charge in [0.1, 0.15) is 0 Å². The number of hydrogen-bond donors (Lipinski definition) is 2. The number of fused-ring (bicyclic) bond motifs is 1. The van der Waals surface area contributed by atoms with Crippen LogP contribution in [0, 0.1) is 10.5 Å². The maximum absolute atomic E-state index is 12.1. The summed E-state index contributed by atoms with van der Waals surface area (Å²) in [5.74, 6) is -0.487. The van der Waals surface area contributed by atoms with Crippen molar-refractivity contribution in [3.63, 3.8) is 0 Å². The van der Waals surface area contributed by atoms with Gasteiger partial charge in [-0.3, -0.25) is 9.59 Å². The molecule has 3 aromatic carbocycles. The lowest BCUT2D eigenvalue weighted by atomic mass is 10.0. The van der Waals surface area contributed by atoms with E-state index in [-0.39, 0.29) is 24.7 Å². The van der Waals surface area contributed by atoms with Crippen LogP contribution in [0.15, 0.2) is 65.8 Å². The van der Waals surface area contributed by atoms with E-state index in [1.807, 2.05) is 68.4 Å². The summed E-state index contributed by atoms with van der Waals surface area (Å²) < 4.78 is 1.11. The molecule has 29 heavy (non-hydrogen) atoms. The third kappa shape index (κ3) is 5.87. The molecule has 0 saturated carbocycles. The molecule has 0 fully saturated rings. The first-order valence-corrected chi connectivity index (χ1v) is 10.4. The van der Waals surface area contributed by atoms with Crippen LogP contribution in [-0.2, 0) is 9.59 Å². The van der Waals surface area contributed by atoms with Crippen LogP contribution in [0.4, 0.5) is 5.69 Å². The van der Waals surface area contributed by atoms with Crippen LogP contribution < -0.4 is 10.7 Å². The monoisotopic (exact) mass is 499 g/mol. The number of anilines is 1. The largest absolute Gasteiger partial charge is 0.326 e. The molecule has 0 aliphatic rings. The topological polar surface area (TPSA) is 70.6 Å². The van der Waals surface area contributed by atoms with Gasteiger partial charge in [0.2, 0.25) is 11.8 Å². The number of nitrogens with one attached hydrogen (secondary N) is 2. The SMILES string of the molecule is C/C(=N\NC(=O)CCC(=O)Nc1ccc(I)cc1C)c1ccc2ccccc2c1. The van der Waals surface area contributed by atoms with Gasteiger partial charge in [0, 0.05) is 22.1 Å². The quantitative estimate of drug-likeness (QED) is 0.284. The number of hydrogen-bond acceptors (Lipinski definition) is 3. The number of benzene rings is 3. The Morgan fingerprint density at radius 3 is 2.41 bits per heavy atom. The molecule has 148 valence electrons. The van der Waals surface area contributed by atoms with Crippen molar-refractivity contribution in [2.45, 2.75) is 26.7 Å². The fourth-order valence-electron chi connectivity index (χ4n) is 2.89. The number of amides is 2. The van der Waals surface area contributed by atoms with E-state index < -0.39 is 0 Å². The molecule has 0 atom stereocenters. The van der Waals surface area contributed by atoms with Gasteiger partial charge in [-0.15, -0.1) is 0 Å². The molecular weight excluding hydrogens is 477 g/mol. The lowest BCUT2D eigenvalue weighted by Crippen LogP contribution is -2.22. The predicted octanol–water partition coefficient (Wildman–Crippen LogP) is 5.01. The van der Waals surface area contributed by atoms with Gasteiger partial charge in [-0.05, 0) is 82.6 Å². The fraction of sp³-hybridized carbons (Fsp3) is 0.174. The van der Waals surface area contributed by atoms with Crippen molar-refractivity contribution in [1.29, 1.82) is 0 Å². The lowest BCUT2D eigenvalue weighted by Gasteiger charge is -2.08. The van der Waals surface area contributed by atoms with Crippen molar-refractivity contribution < 1.29 is 9.59 Å². The summed E-state index contributed by atoms with van der Waals surface area (Å²) in [7, 11) is 0. The van der Waals surface area contributed by atoms with Crippen molar-refractivity contribution in [3.8, 4) is 0 Å². The smallest absolute Gasteiger partial charge is 0.240 e. The van der Waals surface area contributed by atoms with E-state index in [4.69, 9.17) is 0 Å². The molecule has 6 heteroatoms. The molecule has 0 heterocycles. The van der Waals surface area contributed by atoms with Gasteiger partial charge in [0.05, 0.1) is 5.71 Å². The van der Waals surface area contributed by atoms with Gasteiger partial charge >= 0.3 is 0 Å². The first-order chi connectivity index (χ1) is 13.9. The van der Waals surface area contributed by atoms with Crippen LogP contribution in [0.3, 0.4) is 0 Å². The van der Waals surface area contributed by atoms with E-state index in [1.165, 1.54) is 0 Å². The van der Waals surface area contributed by atoms with Gasteiger partial charge in [-0.1, -0.05) is 36.4 Å². The van der Waals surface area contributed by atoms with Crippen molar-refractivity contribution in [1.82, 2.24) is 5.43 Å². The van der Waals surface area contributed by atoms with Crippen LogP contribution in [0.1, 0.15) is 30.9 Å². The Bertz CT molecular complexity index is 1090. The molecule has 0 unspecified atom stereocenters. The van der Waals surface area contributed by atoms with E-state index >= 15 is 0 Å². The Kier molecular flexibility index (Phi) is 6.98. The van der Waals surface area contributed by atoms with Crippen LogP contribution in [-0.4, -0.2) is 17.5 Å². The average molecular weight is 499 g/mol. The van der Waals surface area contributed by atoms with Crippen LogP contribution >= 0.6 is 22.6 Å². The standard InChI is InChI=1S/C23H22IN3O2/c1-15-13-20(24)9-10-21(15)25-22(28)11-12-23(29)27-26-16(2)18-8-7-17-5-3-4-6-19(17)14-18/h3-10,13-14H,11-12H2,1-2H3,(H,25,28)(H,27,29)/b26-16+. The second-order valence-corrected chi connectivity index (χ2v) is 8.05. The number of rotatable bonds is 6. The maximum Gasteiger partial charge on any atom is 0.240 e. The summed E-state index contributed by atoms with van der Waals surface area (Å²) in [6, 6.07) is 19.9. The molecule has 2 amide bonds. The first kappa shape index (κ1) is 21.0. The second-order valence-electron chi connectivity index (χ2n) is 6.80. The zero-order valence-electron chi connectivity index (χ0n) is 16.3. The summed E-state index contributed by atoms with van der Waals surface area (Å²) >= 11 is 2.23. The van der Waals surface area contributed by atoms with Gasteiger partial charge in [0.25, 0.3) is 0 Å². The lowest BCUT2D eigenvalue weighted by molar-refractivity contribution is -0.124. The summed E-state index contributed by atoms with van der Waals surface area (Å²) in [5.41, 5.74) is 5.94. The number of carbonyl (C=O) groups excluding carboxylic acids is 2. The first-order valence-electron chi connectivity index (χ1n) is 9.30. The second kappa shape index (κ2) is 9.65. The third-order valence-corrected chi connectivity index (χ3v) is 5.23. The molecule has 0 radical (unpaired) electrons. The van der Waals surface area contributed by atoms with Crippen LogP contribution in [0.25, 0.3) is 10.8 Å². The highest BCUT2D eigenvalue weighted by molar-refractivity contribution is 14.1. The molecule has 5 nitrogen and oxygen atoms in total. The summed E-state index contributed by atoms with van der Waals surface area (Å²) in [6.07, 6.45) is 0.172. The van der Waals surface area contributed by atoms with Crippen LogP contribution in [0.5, 0.6) is 0 Å². The Morgan fingerprint density at radius 2 is 1.66 bits per heavy atom. The molecule has 0 spiro atoms. The van der Waals surface area contributed by atoms with E-state index in [0.717, 1.165) is 31.2 Å². The number of hydrazone groups is 1. The zero-order chi connectivity index (χ0) is 20.8. The van der Waals surface area contributed by atoms with Crippen molar-refractivity contribution in [2.24, 2.45) is 5.10 Å². The maximum atomic E-state index is 12.1. The van der Waals surface area contributed by atoms with Crippen molar-refractivity contribution in [3.05, 3.63) is 75.4 Å². The number of carbonyl (C=O) groups is 2. The predicted molar refractivity (Wildman–Crippen MR) is 126 cm³/mol. The summed E-state index contributed by atoms with van der Waals surface area (Å²) in [5, 5.41) is 9.29. The number of aryl methyl sites for hydroxylation is 1. The van der Waals surface area contributed by atoms with Gasteiger partial charge < -0.3 is 5.32 Å². The minimum Gasteiger partial charge on any atom is -0.326 e. The molecule has 3 aromatic rings. The zero-order valence-corrected chi connectivity index (χ0v) is 18.5.